The number of aromatic amines is 1. The first-order chi connectivity index (χ1) is 15.4. The Morgan fingerprint density at radius 1 is 0.844 bits per heavy atom. The molecule has 1 heterocycles. The highest BCUT2D eigenvalue weighted by Gasteiger charge is 2.16. The molecule has 0 unspecified atom stereocenters. The molecule has 1 N–H and O–H groups in total. The Balaban J connectivity index is 0.000000278. The fourth-order valence-electron chi connectivity index (χ4n) is 4.13. The lowest BCUT2D eigenvalue weighted by molar-refractivity contribution is 0.759. The zero-order valence-electron chi connectivity index (χ0n) is 21.2. The van der Waals surface area contributed by atoms with Gasteiger partial charge in [0.2, 0.25) is 0 Å². The van der Waals surface area contributed by atoms with Gasteiger partial charge in [0.1, 0.15) is 7.85 Å². The van der Waals surface area contributed by atoms with E-state index in [0.29, 0.717) is 17.8 Å². The largest absolute Gasteiger partial charge is 0.348 e. The van der Waals surface area contributed by atoms with Crippen LogP contribution in [0.15, 0.2) is 67.0 Å². The molecular weight excluding hydrogens is 387 g/mol. The Bertz CT molecular complexity index is 901. The number of rotatable bonds is 8. The summed E-state index contributed by atoms with van der Waals surface area (Å²) in [6, 6.07) is 17.6. The minimum absolute atomic E-state index is 0.459. The van der Waals surface area contributed by atoms with Gasteiger partial charge in [-0.05, 0) is 60.8 Å². The molecule has 170 valence electrons. The third kappa shape index (κ3) is 7.26. The number of aryl methyl sites for hydroxylation is 2. The van der Waals surface area contributed by atoms with Crippen molar-refractivity contribution in [2.45, 2.75) is 78.5 Å². The van der Waals surface area contributed by atoms with E-state index in [-0.39, 0.29) is 0 Å². The molecule has 0 fully saturated rings. The van der Waals surface area contributed by atoms with E-state index in [0.717, 1.165) is 6.42 Å². The van der Waals surface area contributed by atoms with Gasteiger partial charge < -0.3 is 4.98 Å². The molecule has 3 aromatic rings. The lowest BCUT2D eigenvalue weighted by Crippen LogP contribution is -2.04. The van der Waals surface area contributed by atoms with Crippen molar-refractivity contribution in [2.24, 2.45) is 0 Å². The van der Waals surface area contributed by atoms with Gasteiger partial charge in [-0.15, -0.1) is 0 Å². The number of imidazole rings is 1. The highest BCUT2D eigenvalue weighted by molar-refractivity contribution is 6.08. The van der Waals surface area contributed by atoms with Gasteiger partial charge in [-0.1, -0.05) is 94.7 Å². The van der Waals surface area contributed by atoms with Crippen molar-refractivity contribution in [3.63, 3.8) is 0 Å². The fourth-order valence-corrected chi connectivity index (χ4v) is 4.13. The zero-order chi connectivity index (χ0) is 23.5. The molecule has 0 atom stereocenters. The summed E-state index contributed by atoms with van der Waals surface area (Å²) in [6.45, 7) is 13.1. The van der Waals surface area contributed by atoms with Crippen LogP contribution in [0.1, 0.15) is 91.9 Å². The first kappa shape index (κ1) is 25.7. The van der Waals surface area contributed by atoms with Gasteiger partial charge in [0.05, 0.1) is 12.0 Å². The van der Waals surface area contributed by atoms with Crippen molar-refractivity contribution >= 4 is 7.85 Å². The number of nitrogens with zero attached hydrogens (tertiary/aromatic N) is 1. The standard InChI is InChI=1S/C20H25B.C9H16N2/c1-16-10-5-7-12-18(16)20(14-4-3-9-15-21)19-13-8-6-11-17(19)2;1-6(2)8-9(7(3)4)11-5-10-8/h3-8,10-13,20H,9,14-15,21H2,1-2H3;5-7H,1-4H3,(H,10,11). The first-order valence-corrected chi connectivity index (χ1v) is 12.2. The van der Waals surface area contributed by atoms with Crippen molar-refractivity contribution in [1.82, 2.24) is 9.97 Å². The average Bonchev–Trinajstić information content (AvgIpc) is 3.27. The molecule has 0 aliphatic heterocycles. The predicted molar refractivity (Wildman–Crippen MR) is 143 cm³/mol. The molecule has 0 aliphatic rings. The van der Waals surface area contributed by atoms with Crippen LogP contribution in [-0.4, -0.2) is 17.8 Å². The summed E-state index contributed by atoms with van der Waals surface area (Å²) in [7, 11) is 2.23. The Morgan fingerprint density at radius 2 is 1.41 bits per heavy atom. The van der Waals surface area contributed by atoms with Crippen molar-refractivity contribution in [1.29, 1.82) is 0 Å². The van der Waals surface area contributed by atoms with Gasteiger partial charge in [-0.3, -0.25) is 0 Å². The highest BCUT2D eigenvalue weighted by Crippen LogP contribution is 2.32. The molecule has 0 saturated heterocycles. The van der Waals surface area contributed by atoms with Crippen molar-refractivity contribution in [3.05, 3.63) is 101 Å². The third-order valence-corrected chi connectivity index (χ3v) is 5.95. The van der Waals surface area contributed by atoms with Crippen LogP contribution in [0.25, 0.3) is 0 Å². The van der Waals surface area contributed by atoms with Gasteiger partial charge in [-0.25, -0.2) is 4.98 Å². The number of hydrogen-bond donors (Lipinski definition) is 1. The normalized spacial score (nSPS) is 11.4. The highest BCUT2D eigenvalue weighted by atomic mass is 14.9. The number of nitrogens with one attached hydrogen (secondary N) is 1. The monoisotopic (exact) mass is 428 g/mol. The van der Waals surface area contributed by atoms with Crippen molar-refractivity contribution in [2.75, 3.05) is 0 Å². The molecule has 0 aliphatic carbocycles. The number of hydrogen-bond acceptors (Lipinski definition) is 1. The molecule has 1 aromatic heterocycles. The maximum Gasteiger partial charge on any atom is 0.101 e. The quantitative estimate of drug-likeness (QED) is 0.292. The third-order valence-electron chi connectivity index (χ3n) is 5.95. The Kier molecular flexibility index (Phi) is 10.5. The van der Waals surface area contributed by atoms with E-state index >= 15 is 0 Å². The lowest BCUT2D eigenvalue weighted by Gasteiger charge is -2.20. The molecule has 2 nitrogen and oxygen atoms in total. The van der Waals surface area contributed by atoms with Crippen molar-refractivity contribution < 1.29 is 0 Å². The van der Waals surface area contributed by atoms with E-state index in [1.54, 1.807) is 6.33 Å². The summed E-state index contributed by atoms with van der Waals surface area (Å²) >= 11 is 0. The molecule has 32 heavy (non-hydrogen) atoms. The second kappa shape index (κ2) is 13.1. The molecule has 0 bridgehead atoms. The minimum Gasteiger partial charge on any atom is -0.348 e. The molecule has 0 spiro atoms. The van der Waals surface area contributed by atoms with E-state index in [4.69, 9.17) is 0 Å². The van der Waals surface area contributed by atoms with Gasteiger partial charge in [-0.2, -0.15) is 0 Å². The van der Waals surface area contributed by atoms with Crippen LogP contribution in [0, 0.1) is 13.8 Å². The molecular formula is C29H41BN2. The first-order valence-electron chi connectivity index (χ1n) is 12.2. The Hall–Kier alpha value is -2.55. The SMILES string of the molecule is BCCC=CCC(c1ccccc1C)c1ccccc1C.CC(C)c1nc[nH]c1C(C)C. The summed E-state index contributed by atoms with van der Waals surface area (Å²) in [6.07, 6.45) is 9.93. The Morgan fingerprint density at radius 3 is 1.84 bits per heavy atom. The van der Waals surface area contributed by atoms with Crippen molar-refractivity contribution in [3.8, 4) is 0 Å². The predicted octanol–water partition coefficient (Wildman–Crippen LogP) is 7.48. The van der Waals surface area contributed by atoms with Crippen LogP contribution in [0.4, 0.5) is 0 Å². The zero-order valence-corrected chi connectivity index (χ0v) is 21.2. The van der Waals surface area contributed by atoms with Crippen LogP contribution in [0.3, 0.4) is 0 Å². The summed E-state index contributed by atoms with van der Waals surface area (Å²) < 4.78 is 0. The summed E-state index contributed by atoms with van der Waals surface area (Å²) in [5, 5.41) is 0. The van der Waals surface area contributed by atoms with Gasteiger partial charge in [0.25, 0.3) is 0 Å². The average molecular weight is 428 g/mol. The van der Waals surface area contributed by atoms with Crippen LogP contribution in [-0.2, 0) is 0 Å². The maximum absolute atomic E-state index is 4.28. The van der Waals surface area contributed by atoms with Crippen LogP contribution >= 0.6 is 0 Å². The number of aromatic nitrogens is 2. The van der Waals surface area contributed by atoms with E-state index in [1.165, 1.54) is 46.4 Å². The molecule has 3 heteroatoms. The van der Waals surface area contributed by atoms with E-state index in [9.17, 15) is 0 Å². The topological polar surface area (TPSA) is 28.7 Å². The molecule has 0 amide bonds. The molecule has 0 radical (unpaired) electrons. The summed E-state index contributed by atoms with van der Waals surface area (Å²) in [5.41, 5.74) is 8.16. The van der Waals surface area contributed by atoms with Crippen LogP contribution in [0.2, 0.25) is 6.32 Å². The lowest BCUT2D eigenvalue weighted by atomic mass is 9.84. The van der Waals surface area contributed by atoms with Crippen LogP contribution < -0.4 is 0 Å². The number of H-pyrrole nitrogens is 1. The molecule has 3 rings (SSSR count). The molecule has 2 aromatic carbocycles. The van der Waals surface area contributed by atoms with E-state index in [1.807, 2.05) is 0 Å². The number of benzene rings is 2. The second-order valence-corrected chi connectivity index (χ2v) is 9.27. The van der Waals surface area contributed by atoms with Gasteiger partial charge in [0.15, 0.2) is 0 Å². The number of allylic oxidation sites excluding steroid dienone is 2. The van der Waals surface area contributed by atoms with Crippen LogP contribution in [0.5, 0.6) is 0 Å². The van der Waals surface area contributed by atoms with E-state index < -0.39 is 0 Å². The second-order valence-electron chi connectivity index (χ2n) is 9.27. The Labute approximate surface area is 197 Å². The molecule has 0 saturated carbocycles. The summed E-state index contributed by atoms with van der Waals surface area (Å²) in [5.74, 6) is 1.54. The maximum atomic E-state index is 4.28. The summed E-state index contributed by atoms with van der Waals surface area (Å²) in [4.78, 5) is 7.46. The van der Waals surface area contributed by atoms with Gasteiger partial charge >= 0.3 is 0 Å². The fraction of sp³-hybridized carbons (Fsp3) is 0.414. The minimum atomic E-state index is 0.459. The smallest absolute Gasteiger partial charge is 0.101 e. The van der Waals surface area contributed by atoms with E-state index in [2.05, 4.69) is 120 Å². The van der Waals surface area contributed by atoms with Gasteiger partial charge in [0, 0.05) is 11.6 Å².